The van der Waals surface area contributed by atoms with E-state index in [-0.39, 0.29) is 17.6 Å². The number of aromatic amines is 1. The maximum Gasteiger partial charge on any atom is 0.252 e. The van der Waals surface area contributed by atoms with Crippen LogP contribution in [0.25, 0.3) is 0 Å². The van der Waals surface area contributed by atoms with Gasteiger partial charge in [-0.3, -0.25) is 4.79 Å². The minimum absolute atomic E-state index is 0.160. The van der Waals surface area contributed by atoms with Crippen molar-refractivity contribution in [3.8, 4) is 0 Å². The van der Waals surface area contributed by atoms with Crippen LogP contribution in [0.1, 0.15) is 38.4 Å². The van der Waals surface area contributed by atoms with Crippen molar-refractivity contribution in [2.75, 3.05) is 11.9 Å². The molecule has 0 radical (unpaired) electrons. The van der Waals surface area contributed by atoms with Gasteiger partial charge in [-0.2, -0.15) is 0 Å². The third-order valence-corrected chi connectivity index (χ3v) is 2.97. The molecule has 17 heavy (non-hydrogen) atoms. The molecule has 3 N–H and O–H groups in total. The van der Waals surface area contributed by atoms with Crippen molar-refractivity contribution in [3.63, 3.8) is 0 Å². The molecule has 2 rings (SSSR count). The van der Waals surface area contributed by atoms with E-state index in [1.807, 2.05) is 13.8 Å². The molecule has 94 valence electrons. The molecular weight excluding hydrogens is 218 g/mol. The number of hydrogen-bond acceptors (Lipinski definition) is 4. The molecule has 1 aliphatic carbocycles. The molecule has 1 aromatic heterocycles. The van der Waals surface area contributed by atoms with Crippen molar-refractivity contribution >= 4 is 5.82 Å². The molecule has 1 aromatic rings. The average molecular weight is 237 g/mol. The quantitative estimate of drug-likeness (QED) is 0.716. The molecule has 1 fully saturated rings. The Balaban J connectivity index is 2.01. The molecule has 1 heterocycles. The van der Waals surface area contributed by atoms with Crippen molar-refractivity contribution in [2.45, 2.75) is 38.7 Å². The van der Waals surface area contributed by atoms with E-state index < -0.39 is 0 Å². The lowest BCUT2D eigenvalue weighted by molar-refractivity contribution is 0.164. The van der Waals surface area contributed by atoms with Gasteiger partial charge in [0.15, 0.2) is 0 Å². The predicted octanol–water partition coefficient (Wildman–Crippen LogP) is 1.08. The van der Waals surface area contributed by atoms with Crippen molar-refractivity contribution in [1.82, 2.24) is 9.97 Å². The highest BCUT2D eigenvalue weighted by molar-refractivity contribution is 5.33. The zero-order valence-electron chi connectivity index (χ0n) is 10.2. The van der Waals surface area contributed by atoms with E-state index >= 15 is 0 Å². The van der Waals surface area contributed by atoms with Crippen molar-refractivity contribution in [1.29, 1.82) is 0 Å². The summed E-state index contributed by atoms with van der Waals surface area (Å²) < 4.78 is 0. The summed E-state index contributed by atoms with van der Waals surface area (Å²) in [4.78, 5) is 18.4. The predicted molar refractivity (Wildman–Crippen MR) is 66.2 cm³/mol. The summed E-state index contributed by atoms with van der Waals surface area (Å²) in [7, 11) is 0. The molecule has 5 nitrogen and oxygen atoms in total. The standard InChI is InChI=1S/C12H19N3O2/c1-7(2)12-14-10(5-11(17)15-12)13-6-9(16)8-3-4-8/h5,7-9,16H,3-4,6H2,1-2H3,(H2,13,14,15,17). The summed E-state index contributed by atoms with van der Waals surface area (Å²) in [5.74, 6) is 1.81. The van der Waals surface area contributed by atoms with Crippen LogP contribution < -0.4 is 10.9 Å². The first-order valence-corrected chi connectivity index (χ1v) is 6.09. The minimum atomic E-state index is -0.335. The Hall–Kier alpha value is -1.36. The zero-order chi connectivity index (χ0) is 12.4. The molecule has 0 aromatic carbocycles. The second-order valence-corrected chi connectivity index (χ2v) is 4.96. The second-order valence-electron chi connectivity index (χ2n) is 4.96. The maximum atomic E-state index is 11.4. The number of rotatable bonds is 5. The number of aliphatic hydroxyl groups excluding tert-OH is 1. The molecule has 0 aliphatic heterocycles. The van der Waals surface area contributed by atoms with Crippen LogP contribution in [0, 0.1) is 5.92 Å². The van der Waals surface area contributed by atoms with Crippen LogP contribution >= 0.6 is 0 Å². The first kappa shape index (κ1) is 12.1. The highest BCUT2D eigenvalue weighted by Gasteiger charge is 2.29. The smallest absolute Gasteiger partial charge is 0.252 e. The van der Waals surface area contributed by atoms with Gasteiger partial charge in [-0.1, -0.05) is 13.8 Å². The SMILES string of the molecule is CC(C)c1nc(NCC(O)C2CC2)cc(=O)[nH]1. The van der Waals surface area contributed by atoms with Gasteiger partial charge in [0.2, 0.25) is 0 Å². The van der Waals surface area contributed by atoms with Gasteiger partial charge in [0.25, 0.3) is 5.56 Å². The van der Waals surface area contributed by atoms with Gasteiger partial charge in [0.1, 0.15) is 11.6 Å². The second kappa shape index (κ2) is 4.87. The van der Waals surface area contributed by atoms with E-state index in [9.17, 15) is 9.90 Å². The Labute approximate surface area is 100 Å². The highest BCUT2D eigenvalue weighted by atomic mass is 16.3. The summed E-state index contributed by atoms with van der Waals surface area (Å²) in [6.45, 7) is 4.40. The molecule has 0 bridgehead atoms. The molecule has 1 atom stereocenters. The van der Waals surface area contributed by atoms with Gasteiger partial charge in [-0.25, -0.2) is 4.98 Å². The Bertz CT molecular complexity index is 438. The van der Waals surface area contributed by atoms with Crippen LogP contribution in [0.2, 0.25) is 0 Å². The molecule has 0 saturated heterocycles. The number of nitrogens with one attached hydrogen (secondary N) is 2. The van der Waals surface area contributed by atoms with Crippen LogP contribution in [0.4, 0.5) is 5.82 Å². The molecule has 0 spiro atoms. The van der Waals surface area contributed by atoms with Crippen LogP contribution in [-0.4, -0.2) is 27.7 Å². The number of hydrogen-bond donors (Lipinski definition) is 3. The molecule has 5 heteroatoms. The third kappa shape index (κ3) is 3.30. The van der Waals surface area contributed by atoms with Gasteiger partial charge >= 0.3 is 0 Å². The summed E-state index contributed by atoms with van der Waals surface area (Å²) in [5.41, 5.74) is -0.160. The fourth-order valence-electron chi connectivity index (χ4n) is 1.70. The van der Waals surface area contributed by atoms with Crippen LogP contribution in [0.15, 0.2) is 10.9 Å². The Morgan fingerprint density at radius 2 is 2.29 bits per heavy atom. The number of nitrogens with zero attached hydrogens (tertiary/aromatic N) is 1. The Morgan fingerprint density at radius 3 is 2.88 bits per heavy atom. The highest BCUT2D eigenvalue weighted by Crippen LogP contribution is 2.32. The van der Waals surface area contributed by atoms with E-state index in [0.29, 0.717) is 24.1 Å². The monoisotopic (exact) mass is 237 g/mol. The molecule has 1 unspecified atom stereocenters. The molecule has 1 aliphatic rings. The normalized spacial score (nSPS) is 17.2. The van der Waals surface area contributed by atoms with Gasteiger partial charge < -0.3 is 15.4 Å². The first-order valence-electron chi connectivity index (χ1n) is 6.09. The minimum Gasteiger partial charge on any atom is -0.391 e. The van der Waals surface area contributed by atoms with E-state index in [1.54, 1.807) is 0 Å². The number of aliphatic hydroxyl groups is 1. The summed E-state index contributed by atoms with van der Waals surface area (Å²) in [6.07, 6.45) is 1.87. The largest absolute Gasteiger partial charge is 0.391 e. The fourth-order valence-corrected chi connectivity index (χ4v) is 1.70. The van der Waals surface area contributed by atoms with E-state index in [4.69, 9.17) is 0 Å². The van der Waals surface area contributed by atoms with E-state index in [2.05, 4.69) is 15.3 Å². The van der Waals surface area contributed by atoms with Crippen molar-refractivity contribution in [2.24, 2.45) is 5.92 Å². The number of H-pyrrole nitrogens is 1. The number of aromatic nitrogens is 2. The fraction of sp³-hybridized carbons (Fsp3) is 0.667. The average Bonchev–Trinajstić information content (AvgIpc) is 3.08. The molecular formula is C12H19N3O2. The summed E-state index contributed by atoms with van der Waals surface area (Å²) >= 11 is 0. The van der Waals surface area contributed by atoms with Crippen LogP contribution in [0.3, 0.4) is 0 Å². The van der Waals surface area contributed by atoms with Gasteiger partial charge in [-0.15, -0.1) is 0 Å². The van der Waals surface area contributed by atoms with Crippen LogP contribution in [0.5, 0.6) is 0 Å². The lowest BCUT2D eigenvalue weighted by Crippen LogP contribution is -2.23. The lowest BCUT2D eigenvalue weighted by atomic mass is 10.2. The molecule has 1 saturated carbocycles. The van der Waals surface area contributed by atoms with Crippen molar-refractivity contribution < 1.29 is 5.11 Å². The molecule has 0 amide bonds. The third-order valence-electron chi connectivity index (χ3n) is 2.97. The van der Waals surface area contributed by atoms with Gasteiger partial charge in [0, 0.05) is 18.5 Å². The zero-order valence-corrected chi connectivity index (χ0v) is 10.2. The maximum absolute atomic E-state index is 11.4. The Morgan fingerprint density at radius 1 is 1.59 bits per heavy atom. The van der Waals surface area contributed by atoms with Crippen molar-refractivity contribution in [3.05, 3.63) is 22.2 Å². The Kier molecular flexibility index (Phi) is 3.47. The van der Waals surface area contributed by atoms with Crippen LogP contribution in [-0.2, 0) is 0 Å². The summed E-state index contributed by atoms with van der Waals surface area (Å²) in [5, 5.41) is 12.7. The topological polar surface area (TPSA) is 78.0 Å². The van der Waals surface area contributed by atoms with E-state index in [1.165, 1.54) is 6.07 Å². The number of anilines is 1. The van der Waals surface area contributed by atoms with Gasteiger partial charge in [0.05, 0.1) is 6.10 Å². The van der Waals surface area contributed by atoms with E-state index in [0.717, 1.165) is 12.8 Å². The van der Waals surface area contributed by atoms with Gasteiger partial charge in [-0.05, 0) is 18.8 Å². The summed E-state index contributed by atoms with van der Waals surface area (Å²) in [6, 6.07) is 1.42. The lowest BCUT2D eigenvalue weighted by Gasteiger charge is -2.12. The first-order chi connectivity index (χ1) is 8.06.